The van der Waals surface area contributed by atoms with Crippen molar-refractivity contribution in [2.75, 3.05) is 19.8 Å². The minimum absolute atomic E-state index is 0.205. The van der Waals surface area contributed by atoms with Gasteiger partial charge in [0.05, 0.1) is 6.61 Å². The minimum atomic E-state index is 0.205. The maximum absolute atomic E-state index is 5.82. The van der Waals surface area contributed by atoms with Crippen molar-refractivity contribution in [3.05, 3.63) is 66.7 Å². The first kappa shape index (κ1) is 15.4. The lowest BCUT2D eigenvalue weighted by Gasteiger charge is -2.13. The molecule has 0 amide bonds. The summed E-state index contributed by atoms with van der Waals surface area (Å²) >= 11 is 0. The smallest absolute Gasteiger partial charge is 0.165 e. The molecule has 2 aromatic carbocycles. The van der Waals surface area contributed by atoms with Gasteiger partial charge in [-0.05, 0) is 17.7 Å². The number of rotatable bonds is 9. The number of ether oxygens (including phenoxy) is 4. The Morgan fingerprint density at radius 2 is 1.87 bits per heavy atom. The third-order valence-electron chi connectivity index (χ3n) is 3.35. The molecule has 0 aliphatic carbocycles. The van der Waals surface area contributed by atoms with Gasteiger partial charge in [-0.2, -0.15) is 0 Å². The summed E-state index contributed by atoms with van der Waals surface area (Å²) in [7, 11) is 0. The Kier molecular flexibility index (Phi) is 5.17. The van der Waals surface area contributed by atoms with Crippen LogP contribution < -0.4 is 14.2 Å². The Morgan fingerprint density at radius 1 is 1.04 bits per heavy atom. The van der Waals surface area contributed by atoms with E-state index in [0.29, 0.717) is 31.3 Å². The highest BCUT2D eigenvalue weighted by Gasteiger charge is 2.23. The van der Waals surface area contributed by atoms with Gasteiger partial charge in [-0.25, -0.2) is 0 Å². The number of epoxide rings is 1. The summed E-state index contributed by atoms with van der Waals surface area (Å²) < 4.78 is 22.4. The third kappa shape index (κ3) is 4.76. The summed E-state index contributed by atoms with van der Waals surface area (Å²) in [6.45, 7) is 5.90. The summed E-state index contributed by atoms with van der Waals surface area (Å²) in [5.74, 6) is 2.08. The topological polar surface area (TPSA) is 40.2 Å². The summed E-state index contributed by atoms with van der Waals surface area (Å²) in [4.78, 5) is 0. The van der Waals surface area contributed by atoms with Crippen molar-refractivity contribution in [2.24, 2.45) is 0 Å². The first-order valence-corrected chi connectivity index (χ1v) is 7.64. The molecule has 1 aliphatic heterocycles. The molecule has 0 N–H and O–H groups in total. The van der Waals surface area contributed by atoms with E-state index < -0.39 is 0 Å². The number of hydrogen-bond acceptors (Lipinski definition) is 4. The summed E-state index contributed by atoms with van der Waals surface area (Å²) in [5, 5.41) is 0. The third-order valence-corrected chi connectivity index (χ3v) is 3.35. The molecule has 1 atom stereocenters. The fraction of sp³-hybridized carbons (Fsp3) is 0.263. The first-order chi connectivity index (χ1) is 11.3. The monoisotopic (exact) mass is 312 g/mol. The quantitative estimate of drug-likeness (QED) is 0.524. The Labute approximate surface area is 136 Å². The highest BCUT2D eigenvalue weighted by atomic mass is 16.6. The van der Waals surface area contributed by atoms with Crippen LogP contribution in [0.5, 0.6) is 17.2 Å². The highest BCUT2D eigenvalue weighted by Crippen LogP contribution is 2.32. The zero-order valence-corrected chi connectivity index (χ0v) is 12.9. The molecule has 1 saturated heterocycles. The lowest BCUT2D eigenvalue weighted by Crippen LogP contribution is -2.06. The second kappa shape index (κ2) is 7.70. The van der Waals surface area contributed by atoms with Crippen molar-refractivity contribution in [3.63, 3.8) is 0 Å². The highest BCUT2D eigenvalue weighted by molar-refractivity contribution is 5.45. The molecule has 0 bridgehead atoms. The van der Waals surface area contributed by atoms with Crippen LogP contribution in [-0.2, 0) is 11.3 Å². The molecule has 0 radical (unpaired) electrons. The van der Waals surface area contributed by atoms with Crippen LogP contribution in [0.1, 0.15) is 5.56 Å². The van der Waals surface area contributed by atoms with Gasteiger partial charge >= 0.3 is 0 Å². The van der Waals surface area contributed by atoms with E-state index in [9.17, 15) is 0 Å². The standard InChI is InChI=1S/C19H20O4/c1-2-10-20-19-11-16(21-12-15-6-4-3-5-7-15)8-9-18(19)23-14-17-13-22-17/h2-9,11,17H,1,10,12-14H2/t17-/m0/s1. The summed E-state index contributed by atoms with van der Waals surface area (Å²) in [6, 6.07) is 15.6. The van der Waals surface area contributed by atoms with Crippen molar-refractivity contribution < 1.29 is 18.9 Å². The van der Waals surface area contributed by atoms with E-state index in [-0.39, 0.29) is 6.10 Å². The van der Waals surface area contributed by atoms with Crippen molar-refractivity contribution in [3.8, 4) is 17.2 Å². The van der Waals surface area contributed by atoms with Crippen LogP contribution in [0.2, 0.25) is 0 Å². The maximum Gasteiger partial charge on any atom is 0.165 e. The minimum Gasteiger partial charge on any atom is -0.489 e. The van der Waals surface area contributed by atoms with Crippen LogP contribution in [0.4, 0.5) is 0 Å². The molecule has 4 nitrogen and oxygen atoms in total. The van der Waals surface area contributed by atoms with E-state index in [2.05, 4.69) is 6.58 Å². The van der Waals surface area contributed by atoms with Crippen molar-refractivity contribution in [1.29, 1.82) is 0 Å². The number of hydrogen-bond donors (Lipinski definition) is 0. The van der Waals surface area contributed by atoms with Gasteiger partial charge in [0, 0.05) is 6.07 Å². The summed E-state index contributed by atoms with van der Waals surface area (Å²) in [6.07, 6.45) is 1.90. The molecular weight excluding hydrogens is 292 g/mol. The second-order valence-electron chi connectivity index (χ2n) is 5.25. The molecule has 4 heteroatoms. The molecule has 1 fully saturated rings. The molecule has 3 rings (SSSR count). The van der Waals surface area contributed by atoms with Crippen LogP contribution in [-0.4, -0.2) is 25.9 Å². The van der Waals surface area contributed by atoms with E-state index in [1.54, 1.807) is 6.08 Å². The predicted octanol–water partition coefficient (Wildman–Crippen LogP) is 3.61. The van der Waals surface area contributed by atoms with Gasteiger partial charge in [0.25, 0.3) is 0 Å². The SMILES string of the molecule is C=CCOc1cc(OCc2ccccc2)ccc1OC[C@@H]1CO1. The van der Waals surface area contributed by atoms with Crippen molar-refractivity contribution in [2.45, 2.75) is 12.7 Å². The lowest BCUT2D eigenvalue weighted by atomic mass is 10.2. The van der Waals surface area contributed by atoms with E-state index in [4.69, 9.17) is 18.9 Å². The van der Waals surface area contributed by atoms with E-state index in [0.717, 1.165) is 17.9 Å². The van der Waals surface area contributed by atoms with Crippen LogP contribution in [0, 0.1) is 0 Å². The Bertz CT molecular complexity index is 635. The molecule has 23 heavy (non-hydrogen) atoms. The molecular formula is C19H20O4. The molecule has 0 unspecified atom stereocenters. The van der Waals surface area contributed by atoms with Gasteiger partial charge in [-0.1, -0.05) is 43.0 Å². The molecule has 1 heterocycles. The van der Waals surface area contributed by atoms with E-state index in [1.165, 1.54) is 0 Å². The molecule has 0 saturated carbocycles. The van der Waals surface area contributed by atoms with Crippen LogP contribution in [0.3, 0.4) is 0 Å². The Morgan fingerprint density at radius 3 is 2.61 bits per heavy atom. The Hall–Kier alpha value is -2.46. The molecule has 120 valence electrons. The normalized spacial score (nSPS) is 15.7. The average Bonchev–Trinajstić information content (AvgIpc) is 3.42. The fourth-order valence-corrected chi connectivity index (χ4v) is 2.05. The van der Waals surface area contributed by atoms with Crippen LogP contribution in [0.25, 0.3) is 0 Å². The average molecular weight is 312 g/mol. The molecule has 0 aromatic heterocycles. The van der Waals surface area contributed by atoms with Crippen molar-refractivity contribution in [1.82, 2.24) is 0 Å². The van der Waals surface area contributed by atoms with Gasteiger partial charge in [-0.15, -0.1) is 0 Å². The maximum atomic E-state index is 5.82. The zero-order valence-electron chi connectivity index (χ0n) is 12.9. The lowest BCUT2D eigenvalue weighted by molar-refractivity contribution is 0.245. The second-order valence-corrected chi connectivity index (χ2v) is 5.25. The van der Waals surface area contributed by atoms with Crippen LogP contribution in [0.15, 0.2) is 61.2 Å². The fourth-order valence-electron chi connectivity index (χ4n) is 2.05. The summed E-state index contributed by atoms with van der Waals surface area (Å²) in [5.41, 5.74) is 1.12. The van der Waals surface area contributed by atoms with E-state index in [1.807, 2.05) is 48.5 Å². The number of benzene rings is 2. The van der Waals surface area contributed by atoms with Crippen molar-refractivity contribution >= 4 is 0 Å². The van der Waals surface area contributed by atoms with Gasteiger partial charge < -0.3 is 18.9 Å². The predicted molar refractivity (Wildman–Crippen MR) is 88.1 cm³/mol. The molecule has 1 aliphatic rings. The molecule has 2 aromatic rings. The Balaban J connectivity index is 1.65. The van der Waals surface area contributed by atoms with E-state index >= 15 is 0 Å². The van der Waals surface area contributed by atoms with Gasteiger partial charge in [0.2, 0.25) is 0 Å². The largest absolute Gasteiger partial charge is 0.489 e. The van der Waals surface area contributed by atoms with Gasteiger partial charge in [0.15, 0.2) is 11.5 Å². The zero-order chi connectivity index (χ0) is 15.9. The van der Waals surface area contributed by atoms with Gasteiger partial charge in [-0.3, -0.25) is 0 Å². The first-order valence-electron chi connectivity index (χ1n) is 7.64. The molecule has 0 spiro atoms. The van der Waals surface area contributed by atoms with Crippen LogP contribution >= 0.6 is 0 Å². The van der Waals surface area contributed by atoms with Gasteiger partial charge in [0.1, 0.15) is 31.7 Å².